The lowest BCUT2D eigenvalue weighted by molar-refractivity contribution is -0.274. The fourth-order valence-electron chi connectivity index (χ4n) is 4.27. The Bertz CT molecular complexity index is 1500. The first-order valence-corrected chi connectivity index (χ1v) is 13.7. The molecule has 0 unspecified atom stereocenters. The van der Waals surface area contributed by atoms with Gasteiger partial charge < -0.3 is 9.64 Å². The molecular formula is C29H27F3N6OS. The van der Waals surface area contributed by atoms with E-state index in [2.05, 4.69) is 68.0 Å². The zero-order chi connectivity index (χ0) is 28.1. The summed E-state index contributed by atoms with van der Waals surface area (Å²) in [7, 11) is 0. The van der Waals surface area contributed by atoms with E-state index in [0.29, 0.717) is 17.4 Å². The molecule has 0 spiro atoms. The minimum atomic E-state index is -4.74. The van der Waals surface area contributed by atoms with E-state index in [-0.39, 0.29) is 5.75 Å². The first kappa shape index (κ1) is 27.4. The molecule has 4 aromatic rings. The van der Waals surface area contributed by atoms with Gasteiger partial charge in [0.1, 0.15) is 12.1 Å². The Morgan fingerprint density at radius 2 is 1.75 bits per heavy atom. The van der Waals surface area contributed by atoms with Crippen molar-refractivity contribution in [3.63, 3.8) is 0 Å². The molecule has 0 bridgehead atoms. The van der Waals surface area contributed by atoms with Gasteiger partial charge in [0.15, 0.2) is 11.0 Å². The van der Waals surface area contributed by atoms with Crippen LogP contribution in [0.5, 0.6) is 5.75 Å². The number of benzene rings is 3. The Balaban J connectivity index is 1.27. The number of nitrogens with zero attached hydrogens (tertiary/aromatic N) is 6. The second kappa shape index (κ2) is 12.0. The van der Waals surface area contributed by atoms with E-state index >= 15 is 0 Å². The van der Waals surface area contributed by atoms with Crippen LogP contribution in [0.2, 0.25) is 0 Å². The number of alkyl halides is 3. The second-order valence-electron chi connectivity index (χ2n) is 9.37. The number of thioether (sulfide) groups is 1. The molecule has 7 nitrogen and oxygen atoms in total. The van der Waals surface area contributed by atoms with Crippen LogP contribution < -0.4 is 9.64 Å². The summed E-state index contributed by atoms with van der Waals surface area (Å²) in [6, 6.07) is 21.4. The van der Waals surface area contributed by atoms with Crippen LogP contribution in [0.4, 0.5) is 18.9 Å². The van der Waals surface area contributed by atoms with Gasteiger partial charge in [0.25, 0.3) is 0 Å². The van der Waals surface area contributed by atoms with E-state index in [1.54, 1.807) is 18.0 Å². The largest absolute Gasteiger partial charge is 0.573 e. The van der Waals surface area contributed by atoms with Crippen LogP contribution in [-0.4, -0.2) is 44.8 Å². The molecule has 1 fully saturated rings. The maximum atomic E-state index is 12.4. The number of hydrogen-bond acceptors (Lipinski definition) is 6. The van der Waals surface area contributed by atoms with E-state index < -0.39 is 6.36 Å². The SMILES string of the molecule is CC(C)c1ccccc1N1CCCS/C1=N\N=C\c1ccc(-c2ncn(-c3ccc(OC(F)(F)F)cc3)n2)cc1. The van der Waals surface area contributed by atoms with Crippen LogP contribution in [0, 0.1) is 0 Å². The quantitative estimate of drug-likeness (QED) is 0.174. The maximum absolute atomic E-state index is 12.4. The lowest BCUT2D eigenvalue weighted by Crippen LogP contribution is -2.34. The van der Waals surface area contributed by atoms with Crippen LogP contribution in [0.25, 0.3) is 17.1 Å². The van der Waals surface area contributed by atoms with E-state index in [1.807, 2.05) is 24.3 Å². The number of halogens is 3. The summed E-state index contributed by atoms with van der Waals surface area (Å²) in [5.74, 6) is 1.60. The highest BCUT2D eigenvalue weighted by Gasteiger charge is 2.31. The summed E-state index contributed by atoms with van der Waals surface area (Å²) in [5.41, 5.74) is 4.70. The molecule has 0 N–H and O–H groups in total. The third-order valence-corrected chi connectivity index (χ3v) is 7.24. The average molecular weight is 565 g/mol. The molecule has 5 rings (SSSR count). The van der Waals surface area contributed by atoms with Gasteiger partial charge in [-0.1, -0.05) is 68.1 Å². The molecule has 1 aliphatic heterocycles. The Hall–Kier alpha value is -4.12. The number of ether oxygens (including phenoxy) is 1. The van der Waals surface area contributed by atoms with Crippen molar-refractivity contribution in [1.29, 1.82) is 0 Å². The van der Waals surface area contributed by atoms with Gasteiger partial charge in [-0.15, -0.1) is 23.4 Å². The molecule has 3 aromatic carbocycles. The van der Waals surface area contributed by atoms with Crippen molar-refractivity contribution in [3.8, 4) is 22.8 Å². The minimum Gasteiger partial charge on any atom is -0.406 e. The predicted molar refractivity (Wildman–Crippen MR) is 153 cm³/mol. The van der Waals surface area contributed by atoms with Crippen molar-refractivity contribution in [3.05, 3.63) is 90.3 Å². The van der Waals surface area contributed by atoms with Gasteiger partial charge in [0.2, 0.25) is 0 Å². The Kier molecular flexibility index (Phi) is 8.20. The number of anilines is 1. The van der Waals surface area contributed by atoms with Crippen molar-refractivity contribution in [2.45, 2.75) is 32.5 Å². The lowest BCUT2D eigenvalue weighted by atomic mass is 10.0. The summed E-state index contributed by atoms with van der Waals surface area (Å²) in [6.07, 6.45) is -0.427. The fraction of sp³-hybridized carbons (Fsp3) is 0.241. The number of amidine groups is 1. The van der Waals surface area contributed by atoms with Gasteiger partial charge in [0.05, 0.1) is 11.9 Å². The second-order valence-corrected chi connectivity index (χ2v) is 10.4. The summed E-state index contributed by atoms with van der Waals surface area (Å²) in [5, 5.41) is 14.3. The number of rotatable bonds is 7. The first-order chi connectivity index (χ1) is 19.3. The van der Waals surface area contributed by atoms with Gasteiger partial charge in [-0.05, 0) is 53.8 Å². The number of para-hydroxylation sites is 1. The van der Waals surface area contributed by atoms with Crippen LogP contribution in [0.15, 0.2) is 89.3 Å². The van der Waals surface area contributed by atoms with Crippen molar-refractivity contribution in [2.75, 3.05) is 17.2 Å². The molecule has 11 heteroatoms. The third-order valence-electron chi connectivity index (χ3n) is 6.18. The van der Waals surface area contributed by atoms with Gasteiger partial charge in [-0.3, -0.25) is 0 Å². The van der Waals surface area contributed by atoms with Crippen LogP contribution >= 0.6 is 11.8 Å². The van der Waals surface area contributed by atoms with Crippen LogP contribution in [-0.2, 0) is 0 Å². The molecular weight excluding hydrogens is 537 g/mol. The Morgan fingerprint density at radius 3 is 2.48 bits per heavy atom. The van der Waals surface area contributed by atoms with Gasteiger partial charge >= 0.3 is 6.36 Å². The molecule has 1 aromatic heterocycles. The highest BCUT2D eigenvalue weighted by atomic mass is 32.2. The Labute approximate surface area is 234 Å². The molecule has 1 aliphatic rings. The first-order valence-electron chi connectivity index (χ1n) is 12.8. The average Bonchev–Trinajstić information content (AvgIpc) is 3.44. The highest BCUT2D eigenvalue weighted by molar-refractivity contribution is 8.14. The third kappa shape index (κ3) is 6.71. The summed E-state index contributed by atoms with van der Waals surface area (Å²) >= 11 is 1.71. The monoisotopic (exact) mass is 564 g/mol. The van der Waals surface area contributed by atoms with Crippen LogP contribution in [0.3, 0.4) is 0 Å². The standard InChI is InChI=1S/C29H27F3N6OS/c1-20(2)25-6-3-4-7-26(25)37-16-5-17-40-28(37)35-34-18-21-8-10-22(11-9-21)27-33-19-38(36-27)23-12-14-24(15-13-23)39-29(30,31)32/h3-4,6-15,18-20H,5,16-17H2,1-2H3/b34-18+,35-28-. The fourth-order valence-corrected chi connectivity index (χ4v) is 5.18. The predicted octanol–water partition coefficient (Wildman–Crippen LogP) is 7.29. The zero-order valence-corrected chi connectivity index (χ0v) is 22.7. The van der Waals surface area contributed by atoms with Gasteiger partial charge in [-0.25, -0.2) is 9.67 Å². The topological polar surface area (TPSA) is 67.9 Å². The number of hydrogen-bond donors (Lipinski definition) is 0. The molecule has 0 aliphatic carbocycles. The summed E-state index contributed by atoms with van der Waals surface area (Å²) in [4.78, 5) is 6.58. The summed E-state index contributed by atoms with van der Waals surface area (Å²) < 4.78 is 42.6. The molecule has 206 valence electrons. The smallest absolute Gasteiger partial charge is 0.406 e. The Morgan fingerprint density at radius 1 is 1.00 bits per heavy atom. The van der Waals surface area contributed by atoms with E-state index in [1.165, 1.54) is 46.5 Å². The number of aromatic nitrogens is 3. The lowest BCUT2D eigenvalue weighted by Gasteiger charge is -2.31. The van der Waals surface area contributed by atoms with Crippen molar-refractivity contribution in [1.82, 2.24) is 14.8 Å². The summed E-state index contributed by atoms with van der Waals surface area (Å²) in [6.45, 7) is 5.30. The van der Waals surface area contributed by atoms with Crippen molar-refractivity contribution in [2.24, 2.45) is 10.2 Å². The zero-order valence-electron chi connectivity index (χ0n) is 21.9. The van der Waals surface area contributed by atoms with E-state index in [0.717, 1.165) is 35.0 Å². The maximum Gasteiger partial charge on any atom is 0.573 e. The molecule has 0 radical (unpaired) electrons. The molecule has 0 atom stereocenters. The van der Waals surface area contributed by atoms with Crippen molar-refractivity contribution >= 4 is 28.8 Å². The minimum absolute atomic E-state index is 0.297. The molecule has 1 saturated heterocycles. The molecule has 0 saturated carbocycles. The van der Waals surface area contributed by atoms with E-state index in [9.17, 15) is 13.2 Å². The normalized spacial score (nSPS) is 15.3. The molecule has 0 amide bonds. The molecule has 40 heavy (non-hydrogen) atoms. The molecule has 2 heterocycles. The van der Waals surface area contributed by atoms with Crippen molar-refractivity contribution < 1.29 is 17.9 Å². The van der Waals surface area contributed by atoms with Gasteiger partial charge in [-0.2, -0.15) is 5.10 Å². The highest BCUT2D eigenvalue weighted by Crippen LogP contribution is 2.32. The van der Waals surface area contributed by atoms with E-state index in [4.69, 9.17) is 0 Å². The van der Waals surface area contributed by atoms with Gasteiger partial charge in [0, 0.05) is 23.5 Å². The van der Waals surface area contributed by atoms with Crippen LogP contribution in [0.1, 0.15) is 37.3 Å².